The van der Waals surface area contributed by atoms with Gasteiger partial charge in [0.1, 0.15) is 5.58 Å². The van der Waals surface area contributed by atoms with Gasteiger partial charge in [0.15, 0.2) is 16.9 Å². The molecule has 0 saturated heterocycles. The van der Waals surface area contributed by atoms with Gasteiger partial charge in [-0.25, -0.2) is 0 Å². The Bertz CT molecular complexity index is 1510. The van der Waals surface area contributed by atoms with E-state index in [0.29, 0.717) is 52.9 Å². The molecular weight excluding hydrogens is 534 g/mol. The third kappa shape index (κ3) is 4.76. The first kappa shape index (κ1) is 25.1. The number of rotatable bonds is 8. The number of fused-ring (bicyclic) bond motifs is 2. The molecule has 4 aromatic rings. The minimum atomic E-state index is -0.687. The van der Waals surface area contributed by atoms with Crippen molar-refractivity contribution in [3.63, 3.8) is 0 Å². The van der Waals surface area contributed by atoms with Crippen LogP contribution in [0.15, 0.2) is 80.4 Å². The second-order valence-electron chi connectivity index (χ2n) is 9.39. The van der Waals surface area contributed by atoms with Gasteiger partial charge >= 0.3 is 0 Å². The van der Waals surface area contributed by atoms with E-state index in [-0.39, 0.29) is 17.1 Å². The molecule has 0 aliphatic carbocycles. The number of hydrogen-bond donors (Lipinski definition) is 0. The number of anilines is 1. The topological polar surface area (TPSA) is 69.0 Å². The minimum Gasteiger partial charge on any atom is -0.490 e. The molecule has 190 valence electrons. The molecule has 0 N–H and O–H groups in total. The molecule has 7 heteroatoms. The Morgan fingerprint density at radius 1 is 0.973 bits per heavy atom. The molecular formula is C30H28BrNO5. The SMILES string of the molecule is CCOc1cc(C2c3c(oc4ccccc4c3=O)C(=O)N2c2ccc(Br)cc2)ccc1OCCC(C)C. The number of hydrogen-bond acceptors (Lipinski definition) is 5. The van der Waals surface area contributed by atoms with Crippen LogP contribution in [0.3, 0.4) is 0 Å². The van der Waals surface area contributed by atoms with Crippen LogP contribution in [0.25, 0.3) is 11.0 Å². The number of carbonyl (C=O) groups excluding carboxylic acids is 1. The number of halogens is 1. The number of para-hydroxylation sites is 1. The zero-order valence-electron chi connectivity index (χ0n) is 21.0. The summed E-state index contributed by atoms with van der Waals surface area (Å²) in [5, 5.41) is 0.440. The van der Waals surface area contributed by atoms with E-state index < -0.39 is 6.04 Å². The second-order valence-corrected chi connectivity index (χ2v) is 10.3. The maximum absolute atomic E-state index is 13.8. The largest absolute Gasteiger partial charge is 0.490 e. The molecule has 0 bridgehead atoms. The van der Waals surface area contributed by atoms with Gasteiger partial charge < -0.3 is 13.9 Å². The van der Waals surface area contributed by atoms with Crippen molar-refractivity contribution < 1.29 is 18.7 Å². The van der Waals surface area contributed by atoms with Crippen LogP contribution >= 0.6 is 15.9 Å². The van der Waals surface area contributed by atoms with Crippen LogP contribution < -0.4 is 19.8 Å². The molecule has 1 unspecified atom stereocenters. The lowest BCUT2D eigenvalue weighted by atomic mass is 9.97. The van der Waals surface area contributed by atoms with Crippen LogP contribution in [0.4, 0.5) is 5.69 Å². The van der Waals surface area contributed by atoms with Crippen molar-refractivity contribution in [1.29, 1.82) is 0 Å². The predicted molar refractivity (Wildman–Crippen MR) is 148 cm³/mol. The van der Waals surface area contributed by atoms with Gasteiger partial charge in [0.05, 0.1) is 30.2 Å². The standard InChI is InChI=1S/C30H28BrNO5/c1-4-35-25-17-19(9-14-24(25)36-16-15-18(2)3)27-26-28(33)22-7-5-6-8-23(22)37-29(26)30(34)32(27)21-12-10-20(31)11-13-21/h5-14,17-18,27H,4,15-16H2,1-3H3. The Morgan fingerprint density at radius 2 is 1.73 bits per heavy atom. The maximum atomic E-state index is 13.8. The summed E-state index contributed by atoms with van der Waals surface area (Å²) in [6.45, 7) is 7.23. The van der Waals surface area contributed by atoms with Gasteiger partial charge in [-0.2, -0.15) is 0 Å². The Hall–Kier alpha value is -3.58. The fraction of sp³-hybridized carbons (Fsp3) is 0.267. The van der Waals surface area contributed by atoms with E-state index in [1.54, 1.807) is 29.2 Å². The molecule has 3 aromatic carbocycles. The summed E-state index contributed by atoms with van der Waals surface area (Å²) in [7, 11) is 0. The Morgan fingerprint density at radius 3 is 2.46 bits per heavy atom. The second kappa shape index (κ2) is 10.4. The van der Waals surface area contributed by atoms with E-state index in [1.807, 2.05) is 49.4 Å². The molecule has 1 atom stereocenters. The molecule has 2 heterocycles. The molecule has 0 radical (unpaired) electrons. The summed E-state index contributed by atoms with van der Waals surface area (Å²) in [4.78, 5) is 29.1. The first-order chi connectivity index (χ1) is 17.9. The average molecular weight is 562 g/mol. The number of benzene rings is 3. The average Bonchev–Trinajstić information content (AvgIpc) is 3.18. The predicted octanol–water partition coefficient (Wildman–Crippen LogP) is 7.13. The summed E-state index contributed by atoms with van der Waals surface area (Å²) >= 11 is 3.46. The van der Waals surface area contributed by atoms with Crippen LogP contribution in [-0.2, 0) is 0 Å². The van der Waals surface area contributed by atoms with Gasteiger partial charge in [0, 0.05) is 10.2 Å². The van der Waals surface area contributed by atoms with Crippen molar-refractivity contribution in [2.45, 2.75) is 33.2 Å². The van der Waals surface area contributed by atoms with Crippen LogP contribution in [-0.4, -0.2) is 19.1 Å². The van der Waals surface area contributed by atoms with Gasteiger partial charge in [-0.1, -0.05) is 48.0 Å². The number of carbonyl (C=O) groups is 1. The summed E-state index contributed by atoms with van der Waals surface area (Å²) in [6, 6.07) is 19.4. The fourth-order valence-corrected chi connectivity index (χ4v) is 4.85. The van der Waals surface area contributed by atoms with E-state index in [0.717, 1.165) is 16.5 Å². The first-order valence-corrected chi connectivity index (χ1v) is 13.2. The number of ether oxygens (including phenoxy) is 2. The lowest BCUT2D eigenvalue weighted by Crippen LogP contribution is -2.29. The zero-order chi connectivity index (χ0) is 26.1. The molecule has 0 saturated carbocycles. The highest BCUT2D eigenvalue weighted by Gasteiger charge is 2.44. The van der Waals surface area contributed by atoms with E-state index in [9.17, 15) is 9.59 Å². The molecule has 37 heavy (non-hydrogen) atoms. The van der Waals surface area contributed by atoms with Gasteiger partial charge in [-0.15, -0.1) is 0 Å². The van der Waals surface area contributed by atoms with Gasteiger partial charge in [0.2, 0.25) is 5.76 Å². The zero-order valence-corrected chi connectivity index (χ0v) is 22.6. The highest BCUT2D eigenvalue weighted by Crippen LogP contribution is 2.43. The molecule has 0 fully saturated rings. The molecule has 0 spiro atoms. The maximum Gasteiger partial charge on any atom is 0.295 e. The Labute approximate surface area is 223 Å². The first-order valence-electron chi connectivity index (χ1n) is 12.4. The van der Waals surface area contributed by atoms with Gasteiger partial charge in [-0.3, -0.25) is 14.5 Å². The molecule has 1 aromatic heterocycles. The van der Waals surface area contributed by atoms with Crippen molar-refractivity contribution >= 4 is 38.5 Å². The van der Waals surface area contributed by atoms with Crippen molar-refractivity contribution in [2.75, 3.05) is 18.1 Å². The van der Waals surface area contributed by atoms with Gasteiger partial charge in [0.25, 0.3) is 5.91 Å². The van der Waals surface area contributed by atoms with Crippen LogP contribution in [0, 0.1) is 5.92 Å². The molecule has 1 aliphatic heterocycles. The van der Waals surface area contributed by atoms with Crippen molar-refractivity contribution in [2.24, 2.45) is 5.92 Å². The third-order valence-corrected chi connectivity index (χ3v) is 6.95. The molecule has 5 rings (SSSR count). The monoisotopic (exact) mass is 561 g/mol. The van der Waals surface area contributed by atoms with E-state index in [1.165, 1.54) is 0 Å². The van der Waals surface area contributed by atoms with Crippen molar-refractivity contribution in [3.05, 3.63) is 98.3 Å². The number of amides is 1. The van der Waals surface area contributed by atoms with E-state index in [4.69, 9.17) is 13.9 Å². The number of nitrogens with zero attached hydrogens (tertiary/aromatic N) is 1. The minimum absolute atomic E-state index is 0.0619. The quantitative estimate of drug-likeness (QED) is 0.229. The lowest BCUT2D eigenvalue weighted by Gasteiger charge is -2.26. The third-order valence-electron chi connectivity index (χ3n) is 6.42. The van der Waals surface area contributed by atoms with Crippen LogP contribution in [0.2, 0.25) is 0 Å². The van der Waals surface area contributed by atoms with Crippen molar-refractivity contribution in [1.82, 2.24) is 0 Å². The van der Waals surface area contributed by atoms with Crippen LogP contribution in [0.1, 0.15) is 54.9 Å². The van der Waals surface area contributed by atoms with Crippen LogP contribution in [0.5, 0.6) is 11.5 Å². The smallest absolute Gasteiger partial charge is 0.295 e. The highest BCUT2D eigenvalue weighted by atomic mass is 79.9. The van der Waals surface area contributed by atoms with E-state index in [2.05, 4.69) is 29.8 Å². The Kier molecular flexibility index (Phi) is 7.07. The molecule has 1 aliphatic rings. The summed E-state index contributed by atoms with van der Waals surface area (Å²) < 4.78 is 18.9. The Balaban J connectivity index is 1.67. The molecule has 6 nitrogen and oxygen atoms in total. The normalized spacial score (nSPS) is 14.9. The van der Waals surface area contributed by atoms with Crippen molar-refractivity contribution in [3.8, 4) is 11.5 Å². The lowest BCUT2D eigenvalue weighted by molar-refractivity contribution is 0.0971. The van der Waals surface area contributed by atoms with E-state index >= 15 is 0 Å². The summed E-state index contributed by atoms with van der Waals surface area (Å²) in [5.74, 6) is 1.43. The summed E-state index contributed by atoms with van der Waals surface area (Å²) in [6.07, 6.45) is 0.920. The van der Waals surface area contributed by atoms with Gasteiger partial charge in [-0.05, 0) is 73.4 Å². The highest BCUT2D eigenvalue weighted by molar-refractivity contribution is 9.10. The summed E-state index contributed by atoms with van der Waals surface area (Å²) in [5.41, 5.74) is 1.88. The molecule has 1 amide bonds. The fourth-order valence-electron chi connectivity index (χ4n) is 4.59.